The zero-order valence-electron chi connectivity index (χ0n) is 10.6. The van der Waals surface area contributed by atoms with Crippen LogP contribution >= 0.6 is 0 Å². The number of carbonyl (C=O) groups excluding carboxylic acids is 1. The molecule has 1 aliphatic rings. The van der Waals surface area contributed by atoms with E-state index in [0.717, 1.165) is 12.8 Å². The quantitative estimate of drug-likeness (QED) is 0.790. The topological polar surface area (TPSA) is 30.0 Å². The van der Waals surface area contributed by atoms with Gasteiger partial charge in [-0.2, -0.15) is 0 Å². The summed E-state index contributed by atoms with van der Waals surface area (Å²) in [6.45, 7) is 2.13. The molecular formula is C15H21NO. The molecule has 0 bridgehead atoms. The average Bonchev–Trinajstić information content (AvgIpc) is 2.40. The number of rotatable bonds is 4. The Kier molecular flexibility index (Phi) is 4.29. The molecule has 2 nitrogen and oxygen atoms in total. The monoisotopic (exact) mass is 231 g/mol. The van der Waals surface area contributed by atoms with Crippen molar-refractivity contribution >= 4 is 5.78 Å². The molecule has 1 aliphatic carbocycles. The normalized spacial score (nSPS) is 18.9. The van der Waals surface area contributed by atoms with E-state index in [-0.39, 0.29) is 0 Å². The highest BCUT2D eigenvalue weighted by Crippen LogP contribution is 2.28. The summed E-state index contributed by atoms with van der Waals surface area (Å²) in [7, 11) is 0. The zero-order chi connectivity index (χ0) is 12.1. The largest absolute Gasteiger partial charge is 0.299 e. The molecule has 0 spiro atoms. The second-order valence-corrected chi connectivity index (χ2v) is 5.19. The fraction of sp³-hybridized carbons (Fsp3) is 0.600. The van der Waals surface area contributed by atoms with Gasteiger partial charge in [-0.3, -0.25) is 9.78 Å². The van der Waals surface area contributed by atoms with Gasteiger partial charge in [0.25, 0.3) is 0 Å². The van der Waals surface area contributed by atoms with E-state index < -0.39 is 0 Å². The maximum Gasteiger partial charge on any atom is 0.136 e. The molecule has 1 fully saturated rings. The van der Waals surface area contributed by atoms with Gasteiger partial charge >= 0.3 is 0 Å². The van der Waals surface area contributed by atoms with Gasteiger partial charge in [-0.1, -0.05) is 26.2 Å². The summed E-state index contributed by atoms with van der Waals surface area (Å²) in [6, 6.07) is 4.03. The average molecular weight is 231 g/mol. The molecule has 1 atom stereocenters. The fourth-order valence-corrected chi connectivity index (χ4v) is 2.70. The van der Waals surface area contributed by atoms with E-state index in [1.54, 1.807) is 12.4 Å². The van der Waals surface area contributed by atoms with E-state index in [2.05, 4.69) is 11.9 Å². The van der Waals surface area contributed by atoms with Gasteiger partial charge in [0.1, 0.15) is 5.78 Å². The SMILES string of the molecule is CC(CC(=O)C1CCCCC1)c1ccncc1. The molecular weight excluding hydrogens is 210 g/mol. The Morgan fingerprint density at radius 3 is 2.59 bits per heavy atom. The lowest BCUT2D eigenvalue weighted by molar-refractivity contribution is -0.124. The number of ketones is 1. The summed E-state index contributed by atoms with van der Waals surface area (Å²) >= 11 is 0. The third-order valence-electron chi connectivity index (χ3n) is 3.84. The first-order valence-corrected chi connectivity index (χ1v) is 6.70. The van der Waals surface area contributed by atoms with Crippen LogP contribution in [0.2, 0.25) is 0 Å². The van der Waals surface area contributed by atoms with Gasteiger partial charge < -0.3 is 0 Å². The van der Waals surface area contributed by atoms with Crippen LogP contribution in [0.3, 0.4) is 0 Å². The third kappa shape index (κ3) is 3.39. The van der Waals surface area contributed by atoms with Crippen LogP contribution in [0.5, 0.6) is 0 Å². The molecule has 0 amide bonds. The minimum absolute atomic E-state index is 0.326. The van der Waals surface area contributed by atoms with Crippen LogP contribution in [0.15, 0.2) is 24.5 Å². The van der Waals surface area contributed by atoms with E-state index >= 15 is 0 Å². The molecule has 0 radical (unpaired) electrons. The molecule has 0 aliphatic heterocycles. The Hall–Kier alpha value is -1.18. The van der Waals surface area contributed by atoms with Gasteiger partial charge in [-0.25, -0.2) is 0 Å². The number of carbonyl (C=O) groups is 1. The maximum atomic E-state index is 12.2. The van der Waals surface area contributed by atoms with E-state index in [0.29, 0.717) is 24.0 Å². The molecule has 1 saturated carbocycles. The van der Waals surface area contributed by atoms with Crippen molar-refractivity contribution in [1.82, 2.24) is 4.98 Å². The van der Waals surface area contributed by atoms with Gasteiger partial charge in [-0.15, -0.1) is 0 Å². The van der Waals surface area contributed by atoms with Crippen molar-refractivity contribution in [2.24, 2.45) is 5.92 Å². The van der Waals surface area contributed by atoms with Gasteiger partial charge in [0, 0.05) is 24.7 Å². The Bertz CT molecular complexity index is 354. The van der Waals surface area contributed by atoms with Crippen molar-refractivity contribution in [3.63, 3.8) is 0 Å². The highest BCUT2D eigenvalue weighted by molar-refractivity contribution is 5.81. The second-order valence-electron chi connectivity index (χ2n) is 5.19. The van der Waals surface area contributed by atoms with Gasteiger partial charge in [0.2, 0.25) is 0 Å². The first kappa shape index (κ1) is 12.3. The highest BCUT2D eigenvalue weighted by Gasteiger charge is 2.22. The number of aromatic nitrogens is 1. The van der Waals surface area contributed by atoms with E-state index in [4.69, 9.17) is 0 Å². The van der Waals surface area contributed by atoms with Gasteiger partial charge in [0.05, 0.1) is 0 Å². The summed E-state index contributed by atoms with van der Waals surface area (Å²) in [5, 5.41) is 0. The van der Waals surface area contributed by atoms with Gasteiger partial charge in [0.15, 0.2) is 0 Å². The standard InChI is InChI=1S/C15H21NO/c1-12(13-7-9-16-10-8-13)11-15(17)14-5-3-2-4-6-14/h7-10,12,14H,2-6,11H2,1H3. The molecule has 0 N–H and O–H groups in total. The predicted molar refractivity (Wildman–Crippen MR) is 68.9 cm³/mol. The second kappa shape index (κ2) is 5.95. The molecule has 1 heterocycles. The number of hydrogen-bond donors (Lipinski definition) is 0. The maximum absolute atomic E-state index is 12.2. The Labute approximate surface area is 103 Å². The van der Waals surface area contributed by atoms with Crippen LogP contribution in [0, 0.1) is 5.92 Å². The van der Waals surface area contributed by atoms with E-state index in [1.807, 2.05) is 12.1 Å². The minimum Gasteiger partial charge on any atom is -0.299 e. The lowest BCUT2D eigenvalue weighted by Crippen LogP contribution is -2.19. The number of hydrogen-bond acceptors (Lipinski definition) is 2. The third-order valence-corrected chi connectivity index (χ3v) is 3.84. The van der Waals surface area contributed by atoms with Crippen molar-refractivity contribution in [2.75, 3.05) is 0 Å². The van der Waals surface area contributed by atoms with Crippen LogP contribution < -0.4 is 0 Å². The molecule has 92 valence electrons. The predicted octanol–water partition coefficient (Wildman–Crippen LogP) is 3.72. The smallest absolute Gasteiger partial charge is 0.136 e. The first-order valence-electron chi connectivity index (χ1n) is 6.70. The molecule has 2 rings (SSSR count). The van der Waals surface area contributed by atoms with E-state index in [9.17, 15) is 4.79 Å². The van der Waals surface area contributed by atoms with Crippen LogP contribution in [-0.4, -0.2) is 10.8 Å². The lowest BCUT2D eigenvalue weighted by Gasteiger charge is -2.22. The molecule has 1 aromatic heterocycles. The fourth-order valence-electron chi connectivity index (χ4n) is 2.70. The zero-order valence-corrected chi connectivity index (χ0v) is 10.6. The van der Waals surface area contributed by atoms with Crippen LogP contribution in [-0.2, 0) is 4.79 Å². The lowest BCUT2D eigenvalue weighted by atomic mass is 9.82. The molecule has 17 heavy (non-hydrogen) atoms. The molecule has 0 aromatic carbocycles. The Balaban J connectivity index is 1.89. The molecule has 0 saturated heterocycles. The highest BCUT2D eigenvalue weighted by atomic mass is 16.1. The summed E-state index contributed by atoms with van der Waals surface area (Å²) in [5.74, 6) is 1.13. The Morgan fingerprint density at radius 2 is 1.94 bits per heavy atom. The molecule has 1 aromatic rings. The Morgan fingerprint density at radius 1 is 1.29 bits per heavy atom. The van der Waals surface area contributed by atoms with Crippen molar-refractivity contribution in [1.29, 1.82) is 0 Å². The van der Waals surface area contributed by atoms with Gasteiger partial charge in [-0.05, 0) is 36.5 Å². The summed E-state index contributed by atoms with van der Waals surface area (Å²) in [4.78, 5) is 16.2. The van der Waals surface area contributed by atoms with E-state index in [1.165, 1.54) is 24.8 Å². The number of pyridine rings is 1. The summed E-state index contributed by atoms with van der Waals surface area (Å²) in [5.41, 5.74) is 1.23. The first-order chi connectivity index (χ1) is 8.27. The van der Waals surface area contributed by atoms with Crippen LogP contribution in [0.1, 0.15) is 56.9 Å². The summed E-state index contributed by atoms with van der Waals surface area (Å²) in [6.07, 6.45) is 10.3. The molecule has 1 unspecified atom stereocenters. The molecule has 2 heteroatoms. The number of nitrogens with zero attached hydrogens (tertiary/aromatic N) is 1. The van der Waals surface area contributed by atoms with Crippen LogP contribution in [0.25, 0.3) is 0 Å². The van der Waals surface area contributed by atoms with Crippen LogP contribution in [0.4, 0.5) is 0 Å². The van der Waals surface area contributed by atoms with Crippen molar-refractivity contribution in [2.45, 2.75) is 51.4 Å². The van der Waals surface area contributed by atoms with Crippen molar-refractivity contribution < 1.29 is 4.79 Å². The minimum atomic E-state index is 0.326. The van der Waals surface area contributed by atoms with Crippen molar-refractivity contribution in [3.8, 4) is 0 Å². The number of Topliss-reactive ketones (excluding diaryl/α,β-unsaturated/α-hetero) is 1. The van der Waals surface area contributed by atoms with Crippen molar-refractivity contribution in [3.05, 3.63) is 30.1 Å². The summed E-state index contributed by atoms with van der Waals surface area (Å²) < 4.78 is 0.